The highest BCUT2D eigenvalue weighted by atomic mass is 35.5. The van der Waals surface area contributed by atoms with E-state index in [1.165, 1.54) is 22.5 Å². The minimum Gasteiger partial charge on any atom is -0.259 e. The molecule has 1 atom stereocenters. The molecule has 6 nitrogen and oxygen atoms in total. The van der Waals surface area contributed by atoms with Gasteiger partial charge in [-0.2, -0.15) is 0 Å². The number of sulfonamides is 1. The average Bonchev–Trinajstić information content (AvgIpc) is 2.70. The summed E-state index contributed by atoms with van der Waals surface area (Å²) in [4.78, 5) is 10.3. The molecule has 0 spiro atoms. The van der Waals surface area contributed by atoms with E-state index >= 15 is 0 Å². The SMILES string of the molecule is C[C@@H](c1ccccc1)N(c1ccc(Cl)cc1)S(=O)(=O)c1cccc([N+](=O)[O-])c1. The van der Waals surface area contributed by atoms with E-state index in [0.29, 0.717) is 10.7 Å². The van der Waals surface area contributed by atoms with Crippen molar-refractivity contribution < 1.29 is 13.3 Å². The first-order chi connectivity index (χ1) is 13.3. The van der Waals surface area contributed by atoms with E-state index in [4.69, 9.17) is 11.6 Å². The van der Waals surface area contributed by atoms with Crippen LogP contribution in [0.4, 0.5) is 11.4 Å². The molecule has 0 amide bonds. The Kier molecular flexibility index (Phi) is 5.67. The van der Waals surface area contributed by atoms with E-state index in [0.717, 1.165) is 11.6 Å². The zero-order valence-electron chi connectivity index (χ0n) is 14.9. The van der Waals surface area contributed by atoms with Gasteiger partial charge in [-0.15, -0.1) is 0 Å². The molecular weight excluding hydrogens is 400 g/mol. The second kappa shape index (κ2) is 8.00. The quantitative estimate of drug-likeness (QED) is 0.408. The molecule has 0 radical (unpaired) electrons. The van der Waals surface area contributed by atoms with Crippen molar-refractivity contribution in [3.63, 3.8) is 0 Å². The molecule has 0 saturated heterocycles. The van der Waals surface area contributed by atoms with Gasteiger partial charge in [0.2, 0.25) is 0 Å². The first-order valence-corrected chi connectivity index (χ1v) is 10.2. The molecule has 3 aromatic carbocycles. The number of hydrogen-bond donors (Lipinski definition) is 0. The van der Waals surface area contributed by atoms with Crippen LogP contribution in [0.2, 0.25) is 5.02 Å². The van der Waals surface area contributed by atoms with Crippen molar-refractivity contribution >= 4 is 33.0 Å². The topological polar surface area (TPSA) is 80.5 Å². The lowest BCUT2D eigenvalue weighted by molar-refractivity contribution is -0.385. The third-order valence-corrected chi connectivity index (χ3v) is 6.45. The van der Waals surface area contributed by atoms with Gasteiger partial charge in [0.25, 0.3) is 15.7 Å². The number of anilines is 1. The Labute approximate surface area is 168 Å². The molecule has 0 aromatic heterocycles. The molecule has 3 rings (SSSR count). The number of rotatable bonds is 6. The fourth-order valence-electron chi connectivity index (χ4n) is 2.90. The van der Waals surface area contributed by atoms with Crippen LogP contribution in [-0.4, -0.2) is 13.3 Å². The zero-order valence-corrected chi connectivity index (χ0v) is 16.5. The van der Waals surface area contributed by atoms with Crippen LogP contribution in [0.25, 0.3) is 0 Å². The van der Waals surface area contributed by atoms with Crippen LogP contribution in [0, 0.1) is 10.1 Å². The third-order valence-electron chi connectivity index (χ3n) is 4.30. The number of nitrogens with zero attached hydrogens (tertiary/aromatic N) is 2. The summed E-state index contributed by atoms with van der Waals surface area (Å²) < 4.78 is 28.2. The van der Waals surface area contributed by atoms with Crippen molar-refractivity contribution in [3.8, 4) is 0 Å². The standard InChI is InChI=1S/C20H17ClN2O4S/c1-15(16-6-3-2-4-7-16)22(18-12-10-17(21)11-13-18)28(26,27)20-9-5-8-19(14-20)23(24)25/h2-15H,1H3/t15-/m0/s1. The number of hydrogen-bond acceptors (Lipinski definition) is 4. The molecule has 0 fully saturated rings. The van der Waals surface area contributed by atoms with Crippen LogP contribution in [0.15, 0.2) is 83.8 Å². The van der Waals surface area contributed by atoms with Crippen molar-refractivity contribution in [2.24, 2.45) is 0 Å². The molecule has 28 heavy (non-hydrogen) atoms. The van der Waals surface area contributed by atoms with E-state index in [-0.39, 0.29) is 10.6 Å². The van der Waals surface area contributed by atoms with Crippen molar-refractivity contribution in [1.82, 2.24) is 0 Å². The lowest BCUT2D eigenvalue weighted by Gasteiger charge is -2.31. The Morgan fingerprint density at radius 3 is 2.21 bits per heavy atom. The molecule has 0 aliphatic heterocycles. The summed E-state index contributed by atoms with van der Waals surface area (Å²) >= 11 is 5.96. The Bertz CT molecular complexity index is 1090. The van der Waals surface area contributed by atoms with Gasteiger partial charge in [-0.25, -0.2) is 8.42 Å². The average molecular weight is 417 g/mol. The fourth-order valence-corrected chi connectivity index (χ4v) is 4.71. The molecule has 0 bridgehead atoms. The lowest BCUT2D eigenvalue weighted by atomic mass is 10.1. The van der Waals surface area contributed by atoms with Gasteiger partial charge >= 0.3 is 0 Å². The smallest absolute Gasteiger partial charge is 0.259 e. The van der Waals surface area contributed by atoms with Crippen LogP contribution in [0.1, 0.15) is 18.5 Å². The number of non-ortho nitro benzene ring substituents is 1. The predicted octanol–water partition coefficient (Wildman–Crippen LogP) is 5.20. The van der Waals surface area contributed by atoms with Crippen LogP contribution in [-0.2, 0) is 10.0 Å². The second-order valence-corrected chi connectivity index (χ2v) is 8.37. The second-order valence-electron chi connectivity index (χ2n) is 6.12. The Morgan fingerprint density at radius 2 is 1.61 bits per heavy atom. The van der Waals surface area contributed by atoms with E-state index in [2.05, 4.69) is 0 Å². The van der Waals surface area contributed by atoms with Crippen molar-refractivity contribution in [1.29, 1.82) is 0 Å². The molecule has 0 aliphatic carbocycles. The summed E-state index contributed by atoms with van der Waals surface area (Å²) in [6, 6.07) is 20.1. The van der Waals surface area contributed by atoms with Gasteiger partial charge in [-0.1, -0.05) is 48.0 Å². The first-order valence-electron chi connectivity index (χ1n) is 8.40. The highest BCUT2D eigenvalue weighted by Gasteiger charge is 2.31. The molecule has 0 heterocycles. The molecule has 0 aliphatic rings. The van der Waals surface area contributed by atoms with Gasteiger partial charge in [0.05, 0.1) is 21.5 Å². The largest absolute Gasteiger partial charge is 0.270 e. The van der Waals surface area contributed by atoms with E-state index in [1.807, 2.05) is 30.3 Å². The summed E-state index contributed by atoms with van der Waals surface area (Å²) in [5.41, 5.74) is 0.906. The summed E-state index contributed by atoms with van der Waals surface area (Å²) in [6.45, 7) is 1.76. The number of benzene rings is 3. The van der Waals surface area contributed by atoms with Crippen LogP contribution in [0.5, 0.6) is 0 Å². The first kappa shape index (κ1) is 19.9. The minimum absolute atomic E-state index is 0.153. The van der Waals surface area contributed by atoms with Gasteiger partial charge in [0.1, 0.15) is 0 Å². The maximum atomic E-state index is 13.5. The molecule has 0 saturated carbocycles. The van der Waals surface area contributed by atoms with E-state index in [9.17, 15) is 18.5 Å². The molecular formula is C20H17ClN2O4S. The summed E-state index contributed by atoms with van der Waals surface area (Å²) in [5, 5.41) is 11.6. The number of halogens is 1. The van der Waals surface area contributed by atoms with Crippen LogP contribution < -0.4 is 4.31 Å². The summed E-state index contributed by atoms with van der Waals surface area (Å²) in [5.74, 6) is 0. The van der Waals surface area contributed by atoms with Crippen molar-refractivity contribution in [3.05, 3.63) is 99.6 Å². The fraction of sp³-hybridized carbons (Fsp3) is 0.100. The maximum Gasteiger partial charge on any atom is 0.270 e. The van der Waals surface area contributed by atoms with E-state index in [1.54, 1.807) is 31.2 Å². The molecule has 0 N–H and O–H groups in total. The van der Waals surface area contributed by atoms with Gasteiger partial charge in [0, 0.05) is 17.2 Å². The highest BCUT2D eigenvalue weighted by Crippen LogP contribution is 2.34. The van der Waals surface area contributed by atoms with Gasteiger partial charge < -0.3 is 0 Å². The molecule has 0 unspecified atom stereocenters. The Morgan fingerprint density at radius 1 is 0.964 bits per heavy atom. The monoisotopic (exact) mass is 416 g/mol. The molecule has 8 heteroatoms. The molecule has 144 valence electrons. The van der Waals surface area contributed by atoms with Gasteiger partial charge in [-0.3, -0.25) is 14.4 Å². The normalized spacial score (nSPS) is 12.4. The Hall–Kier alpha value is -2.90. The summed E-state index contributed by atoms with van der Waals surface area (Å²) in [7, 11) is -4.08. The lowest BCUT2D eigenvalue weighted by Crippen LogP contribution is -2.33. The van der Waals surface area contributed by atoms with Crippen molar-refractivity contribution in [2.75, 3.05) is 4.31 Å². The summed E-state index contributed by atoms with van der Waals surface area (Å²) in [6.07, 6.45) is 0. The zero-order chi connectivity index (χ0) is 20.3. The molecule has 3 aromatic rings. The third kappa shape index (κ3) is 4.00. The van der Waals surface area contributed by atoms with Gasteiger partial charge in [0.15, 0.2) is 0 Å². The Balaban J connectivity index is 2.16. The van der Waals surface area contributed by atoms with Crippen LogP contribution >= 0.6 is 11.6 Å². The minimum atomic E-state index is -4.08. The predicted molar refractivity (Wildman–Crippen MR) is 109 cm³/mol. The van der Waals surface area contributed by atoms with Crippen LogP contribution in [0.3, 0.4) is 0 Å². The van der Waals surface area contributed by atoms with E-state index < -0.39 is 21.0 Å². The highest BCUT2D eigenvalue weighted by molar-refractivity contribution is 7.92. The number of nitro groups is 1. The van der Waals surface area contributed by atoms with Crippen molar-refractivity contribution in [2.45, 2.75) is 17.9 Å². The van der Waals surface area contributed by atoms with Gasteiger partial charge in [-0.05, 0) is 42.8 Å². The number of nitro benzene ring substituents is 1. The maximum absolute atomic E-state index is 13.5.